The van der Waals surface area contributed by atoms with Gasteiger partial charge in [0.2, 0.25) is 0 Å². The smallest absolute Gasteiger partial charge is 0.152 e. The van der Waals surface area contributed by atoms with Gasteiger partial charge in [0.25, 0.3) is 0 Å². The van der Waals surface area contributed by atoms with E-state index in [-0.39, 0.29) is 11.6 Å². The third-order valence-electron chi connectivity index (χ3n) is 1.46. The summed E-state index contributed by atoms with van der Waals surface area (Å²) in [4.78, 5) is 10.6. The highest BCUT2D eigenvalue weighted by atomic mass is 35.5. The van der Waals surface area contributed by atoms with E-state index in [4.69, 9.17) is 11.6 Å². The molecular formula is C10H8ClFO. The number of carbonyl (C=O) groups is 1. The van der Waals surface area contributed by atoms with Crippen LogP contribution in [0.2, 0.25) is 5.02 Å². The van der Waals surface area contributed by atoms with E-state index < -0.39 is 0 Å². The average Bonchev–Trinajstić information content (AvgIpc) is 2.06. The molecule has 0 radical (unpaired) electrons. The Balaban J connectivity index is 3.00. The topological polar surface area (TPSA) is 17.1 Å². The molecule has 0 amide bonds. The number of halogens is 2. The van der Waals surface area contributed by atoms with Gasteiger partial charge in [-0.25, -0.2) is 4.39 Å². The maximum absolute atomic E-state index is 12.7. The van der Waals surface area contributed by atoms with Crippen LogP contribution >= 0.6 is 11.6 Å². The van der Waals surface area contributed by atoms with Gasteiger partial charge in [0, 0.05) is 5.02 Å². The van der Waals surface area contributed by atoms with Crippen molar-refractivity contribution in [2.75, 3.05) is 0 Å². The molecule has 0 fully saturated rings. The van der Waals surface area contributed by atoms with Crippen molar-refractivity contribution in [3.8, 4) is 0 Å². The zero-order valence-corrected chi connectivity index (χ0v) is 7.81. The zero-order chi connectivity index (χ0) is 9.84. The molecule has 0 spiro atoms. The van der Waals surface area contributed by atoms with Gasteiger partial charge in [0.1, 0.15) is 5.82 Å². The highest BCUT2D eigenvalue weighted by Crippen LogP contribution is 2.18. The molecule has 1 nitrogen and oxygen atoms in total. The van der Waals surface area contributed by atoms with E-state index in [1.54, 1.807) is 0 Å². The maximum atomic E-state index is 12.7. The Morgan fingerprint density at radius 1 is 1.54 bits per heavy atom. The van der Waals surface area contributed by atoms with Crippen LogP contribution in [0.15, 0.2) is 24.3 Å². The van der Waals surface area contributed by atoms with Gasteiger partial charge in [0.15, 0.2) is 5.78 Å². The standard InChI is InChI=1S/C10H8ClFO/c1-7(13)2-3-8-6-9(12)4-5-10(8)11/h2-6H,1H3. The van der Waals surface area contributed by atoms with Crippen LogP contribution in [0, 0.1) is 5.82 Å². The molecule has 13 heavy (non-hydrogen) atoms. The molecule has 0 N–H and O–H groups in total. The number of ketones is 1. The molecule has 0 aliphatic heterocycles. The van der Waals surface area contributed by atoms with Gasteiger partial charge in [-0.2, -0.15) is 0 Å². The fourth-order valence-electron chi connectivity index (χ4n) is 0.849. The maximum Gasteiger partial charge on any atom is 0.152 e. The summed E-state index contributed by atoms with van der Waals surface area (Å²) in [5.41, 5.74) is 0.511. The molecule has 0 atom stereocenters. The Morgan fingerprint density at radius 3 is 2.85 bits per heavy atom. The van der Waals surface area contributed by atoms with E-state index in [1.165, 1.54) is 37.3 Å². The summed E-state index contributed by atoms with van der Waals surface area (Å²) in [6.45, 7) is 1.42. The van der Waals surface area contributed by atoms with Crippen molar-refractivity contribution in [2.24, 2.45) is 0 Å². The van der Waals surface area contributed by atoms with E-state index >= 15 is 0 Å². The quantitative estimate of drug-likeness (QED) is 0.668. The van der Waals surface area contributed by atoms with E-state index in [0.29, 0.717) is 10.6 Å². The lowest BCUT2D eigenvalue weighted by atomic mass is 10.2. The van der Waals surface area contributed by atoms with Gasteiger partial charge in [-0.1, -0.05) is 11.6 Å². The molecule has 0 aromatic heterocycles. The minimum atomic E-state index is -0.368. The van der Waals surface area contributed by atoms with Crippen molar-refractivity contribution in [3.05, 3.63) is 40.7 Å². The fourth-order valence-corrected chi connectivity index (χ4v) is 1.03. The van der Waals surface area contributed by atoms with Gasteiger partial charge < -0.3 is 0 Å². The Kier molecular flexibility index (Phi) is 3.20. The van der Waals surface area contributed by atoms with Crippen LogP contribution in [0.3, 0.4) is 0 Å². The number of allylic oxidation sites excluding steroid dienone is 1. The fraction of sp³-hybridized carbons (Fsp3) is 0.100. The van der Waals surface area contributed by atoms with Crippen LogP contribution in [0.5, 0.6) is 0 Å². The Morgan fingerprint density at radius 2 is 2.23 bits per heavy atom. The summed E-state index contributed by atoms with van der Waals surface area (Å²) in [6, 6.07) is 4.01. The molecule has 68 valence electrons. The molecule has 1 aromatic carbocycles. The van der Waals surface area contributed by atoms with Crippen LogP contribution in [0.1, 0.15) is 12.5 Å². The monoisotopic (exact) mass is 198 g/mol. The summed E-state index contributed by atoms with van der Waals surface area (Å²) in [5, 5.41) is 0.430. The number of benzene rings is 1. The number of hydrogen-bond acceptors (Lipinski definition) is 1. The van der Waals surface area contributed by atoms with Crippen molar-refractivity contribution in [1.82, 2.24) is 0 Å². The third kappa shape index (κ3) is 2.99. The molecule has 0 heterocycles. The second-order valence-corrected chi connectivity index (χ2v) is 3.02. The lowest BCUT2D eigenvalue weighted by Crippen LogP contribution is -1.82. The van der Waals surface area contributed by atoms with Crippen molar-refractivity contribution in [2.45, 2.75) is 6.92 Å². The Bertz CT molecular complexity index is 358. The van der Waals surface area contributed by atoms with Gasteiger partial charge in [-0.15, -0.1) is 0 Å². The van der Waals surface area contributed by atoms with Crippen molar-refractivity contribution in [1.29, 1.82) is 0 Å². The van der Waals surface area contributed by atoms with Gasteiger partial charge >= 0.3 is 0 Å². The molecule has 0 saturated heterocycles. The Hall–Kier alpha value is -1.15. The zero-order valence-electron chi connectivity index (χ0n) is 7.05. The van der Waals surface area contributed by atoms with Crippen LogP contribution in [0.25, 0.3) is 6.08 Å². The minimum Gasteiger partial charge on any atom is -0.295 e. The third-order valence-corrected chi connectivity index (χ3v) is 1.80. The van der Waals surface area contributed by atoms with Gasteiger partial charge in [-0.3, -0.25) is 4.79 Å². The predicted octanol–water partition coefficient (Wildman–Crippen LogP) is 3.08. The summed E-state index contributed by atoms with van der Waals surface area (Å²) < 4.78 is 12.7. The summed E-state index contributed by atoms with van der Waals surface area (Å²) in [6.07, 6.45) is 2.84. The molecule has 1 rings (SSSR count). The number of rotatable bonds is 2. The Labute approximate surface area is 80.8 Å². The normalized spacial score (nSPS) is 10.7. The molecule has 1 aromatic rings. The van der Waals surface area contributed by atoms with Crippen LogP contribution in [-0.4, -0.2) is 5.78 Å². The first kappa shape index (κ1) is 9.93. The van der Waals surface area contributed by atoms with Crippen molar-refractivity contribution >= 4 is 23.5 Å². The lowest BCUT2D eigenvalue weighted by Gasteiger charge is -1.96. The number of hydrogen-bond donors (Lipinski definition) is 0. The molecule has 3 heteroatoms. The molecule has 0 aliphatic carbocycles. The van der Waals surface area contributed by atoms with E-state index in [1.807, 2.05) is 0 Å². The molecule has 0 aliphatic rings. The first-order chi connectivity index (χ1) is 6.09. The summed E-state index contributed by atoms with van der Waals surface area (Å²) >= 11 is 5.75. The van der Waals surface area contributed by atoms with E-state index in [0.717, 1.165) is 0 Å². The predicted molar refractivity (Wildman–Crippen MR) is 51.1 cm³/mol. The number of carbonyl (C=O) groups excluding carboxylic acids is 1. The second-order valence-electron chi connectivity index (χ2n) is 2.61. The molecule has 0 unspecified atom stereocenters. The van der Waals surface area contributed by atoms with E-state index in [2.05, 4.69) is 0 Å². The first-order valence-corrected chi connectivity index (χ1v) is 4.11. The van der Waals surface area contributed by atoms with Crippen LogP contribution in [-0.2, 0) is 4.79 Å². The van der Waals surface area contributed by atoms with Crippen molar-refractivity contribution in [3.63, 3.8) is 0 Å². The first-order valence-electron chi connectivity index (χ1n) is 3.73. The SMILES string of the molecule is CC(=O)C=Cc1cc(F)ccc1Cl. The van der Waals surface area contributed by atoms with Crippen molar-refractivity contribution < 1.29 is 9.18 Å². The van der Waals surface area contributed by atoms with E-state index in [9.17, 15) is 9.18 Å². The largest absolute Gasteiger partial charge is 0.295 e. The van der Waals surface area contributed by atoms with Crippen LogP contribution < -0.4 is 0 Å². The molecule has 0 saturated carbocycles. The highest BCUT2D eigenvalue weighted by molar-refractivity contribution is 6.32. The second kappa shape index (κ2) is 4.19. The average molecular weight is 199 g/mol. The highest BCUT2D eigenvalue weighted by Gasteiger charge is 1.98. The summed E-state index contributed by atoms with van der Waals surface area (Å²) in [7, 11) is 0. The lowest BCUT2D eigenvalue weighted by molar-refractivity contribution is -0.112. The molecular weight excluding hydrogens is 191 g/mol. The van der Waals surface area contributed by atoms with Crippen LogP contribution in [0.4, 0.5) is 4.39 Å². The summed E-state index contributed by atoms with van der Waals surface area (Å²) in [5.74, 6) is -0.465. The minimum absolute atomic E-state index is 0.0969. The van der Waals surface area contributed by atoms with Gasteiger partial charge in [0.05, 0.1) is 0 Å². The molecule has 0 bridgehead atoms. The van der Waals surface area contributed by atoms with Gasteiger partial charge in [-0.05, 0) is 42.8 Å².